The van der Waals surface area contributed by atoms with Gasteiger partial charge in [-0.2, -0.15) is 0 Å². The van der Waals surface area contributed by atoms with Crippen LogP contribution in [-0.2, 0) is 0 Å². The quantitative estimate of drug-likeness (QED) is 0.450. The predicted octanol–water partition coefficient (Wildman–Crippen LogP) is 6.68. The van der Waals surface area contributed by atoms with Gasteiger partial charge in [0.25, 0.3) is 5.69 Å². The fourth-order valence-corrected chi connectivity index (χ4v) is 2.46. The molecule has 144 valence electrons. The fourth-order valence-electron chi connectivity index (χ4n) is 2.46. The summed E-state index contributed by atoms with van der Waals surface area (Å²) in [7, 11) is 1.66. The van der Waals surface area contributed by atoms with Crippen molar-refractivity contribution in [2.75, 3.05) is 7.11 Å². The van der Waals surface area contributed by atoms with Crippen molar-refractivity contribution in [2.45, 2.75) is 55.4 Å². The monoisotopic (exact) mass is 361 g/mol. The third-order valence-corrected chi connectivity index (χ3v) is 3.96. The van der Waals surface area contributed by atoms with Gasteiger partial charge in [0.2, 0.25) is 0 Å². The minimum absolute atomic E-state index is 0.0443. The predicted molar refractivity (Wildman–Crippen MR) is 108 cm³/mol. The molecule has 0 atom stereocenters. The lowest BCUT2D eigenvalue weighted by atomic mass is 9.98. The van der Waals surface area contributed by atoms with Crippen LogP contribution in [0.25, 0.3) is 0 Å². The molecular formula is C21H31NO4. The summed E-state index contributed by atoms with van der Waals surface area (Å²) in [6, 6.07) is 6.07. The zero-order chi connectivity index (χ0) is 20.4. The molecule has 0 unspecified atom stereocenters. The van der Waals surface area contributed by atoms with Gasteiger partial charge in [-0.1, -0.05) is 27.7 Å². The molecule has 0 aliphatic rings. The molecule has 0 saturated heterocycles. The van der Waals surface area contributed by atoms with E-state index in [1.807, 2.05) is 55.4 Å². The van der Waals surface area contributed by atoms with E-state index in [0.29, 0.717) is 5.75 Å². The lowest BCUT2D eigenvalue weighted by molar-refractivity contribution is -0.384. The molecule has 0 heterocycles. The number of hydrogen-bond donors (Lipinski definition) is 0. The molecule has 0 aromatic heterocycles. The van der Waals surface area contributed by atoms with Gasteiger partial charge in [-0.05, 0) is 62.1 Å². The number of hydrogen-bond acceptors (Lipinski definition) is 4. The third kappa shape index (κ3) is 5.22. The van der Waals surface area contributed by atoms with E-state index in [0.717, 1.165) is 33.8 Å². The summed E-state index contributed by atoms with van der Waals surface area (Å²) in [4.78, 5) is 10.3. The van der Waals surface area contributed by atoms with Crippen LogP contribution >= 0.6 is 0 Å². The van der Waals surface area contributed by atoms with Gasteiger partial charge < -0.3 is 9.47 Å². The van der Waals surface area contributed by atoms with Crippen LogP contribution in [0, 0.1) is 37.8 Å². The second-order valence-corrected chi connectivity index (χ2v) is 5.22. The van der Waals surface area contributed by atoms with Gasteiger partial charge >= 0.3 is 0 Å². The molecule has 0 spiro atoms. The van der Waals surface area contributed by atoms with Gasteiger partial charge in [0.1, 0.15) is 17.2 Å². The summed E-state index contributed by atoms with van der Waals surface area (Å²) in [6.45, 7) is 15.9. The van der Waals surface area contributed by atoms with Crippen LogP contribution in [0.2, 0.25) is 0 Å². The second-order valence-electron chi connectivity index (χ2n) is 5.22. The summed E-state index contributed by atoms with van der Waals surface area (Å²) in [6.07, 6.45) is 0. The van der Waals surface area contributed by atoms with Gasteiger partial charge in [-0.25, -0.2) is 0 Å². The highest BCUT2D eigenvalue weighted by molar-refractivity contribution is 5.58. The molecule has 0 fully saturated rings. The number of nitrogens with zero attached hydrogens (tertiary/aromatic N) is 1. The first-order chi connectivity index (χ1) is 12.4. The molecule has 0 N–H and O–H groups in total. The van der Waals surface area contributed by atoms with Gasteiger partial charge in [-0.3, -0.25) is 10.1 Å². The number of rotatable bonds is 4. The second kappa shape index (κ2) is 11.1. The molecule has 5 heteroatoms. The molecule has 0 bridgehead atoms. The van der Waals surface area contributed by atoms with Crippen molar-refractivity contribution in [1.82, 2.24) is 0 Å². The smallest absolute Gasteiger partial charge is 0.269 e. The lowest BCUT2D eigenvalue weighted by Crippen LogP contribution is -2.01. The highest BCUT2D eigenvalue weighted by Gasteiger charge is 2.17. The highest BCUT2D eigenvalue weighted by atomic mass is 16.6. The molecule has 0 radical (unpaired) electrons. The van der Waals surface area contributed by atoms with Crippen LogP contribution in [0.4, 0.5) is 5.69 Å². The van der Waals surface area contributed by atoms with Crippen LogP contribution in [0.3, 0.4) is 0 Å². The zero-order valence-electron chi connectivity index (χ0n) is 17.4. The molecule has 26 heavy (non-hydrogen) atoms. The van der Waals surface area contributed by atoms with Crippen molar-refractivity contribution in [1.29, 1.82) is 0 Å². The van der Waals surface area contributed by atoms with Gasteiger partial charge in [0.15, 0.2) is 0 Å². The van der Waals surface area contributed by atoms with Gasteiger partial charge in [0, 0.05) is 12.1 Å². The maximum Gasteiger partial charge on any atom is 0.269 e. The first kappa shape index (κ1) is 23.4. The summed E-state index contributed by atoms with van der Waals surface area (Å²) in [5.41, 5.74) is 4.10. The summed E-state index contributed by atoms with van der Waals surface area (Å²) in [5, 5.41) is 10.7. The van der Waals surface area contributed by atoms with E-state index in [4.69, 9.17) is 9.47 Å². The third-order valence-electron chi connectivity index (χ3n) is 3.96. The number of non-ortho nitro benzene ring substituents is 1. The van der Waals surface area contributed by atoms with Crippen molar-refractivity contribution in [3.8, 4) is 17.2 Å². The van der Waals surface area contributed by atoms with E-state index in [9.17, 15) is 10.1 Å². The molecule has 5 nitrogen and oxygen atoms in total. The Bertz CT molecular complexity index is 693. The molecule has 2 aromatic rings. The first-order valence-corrected chi connectivity index (χ1v) is 8.93. The van der Waals surface area contributed by atoms with E-state index in [1.54, 1.807) is 19.2 Å². The van der Waals surface area contributed by atoms with Gasteiger partial charge in [-0.15, -0.1) is 0 Å². The highest BCUT2D eigenvalue weighted by Crippen LogP contribution is 2.39. The SMILES string of the molecule is CC.CC.COc1c(C)c(C)c(Oc2ccc([N+](=O)[O-])cc2)c(C)c1C. The lowest BCUT2D eigenvalue weighted by Gasteiger charge is -2.19. The van der Waals surface area contributed by atoms with E-state index in [2.05, 4.69) is 0 Å². The molecule has 2 rings (SSSR count). The Balaban J connectivity index is 0.00000146. The molecule has 0 aliphatic carbocycles. The van der Waals surface area contributed by atoms with Crippen LogP contribution in [0.1, 0.15) is 49.9 Å². The van der Waals surface area contributed by atoms with Crippen molar-refractivity contribution < 1.29 is 14.4 Å². The topological polar surface area (TPSA) is 61.6 Å². The van der Waals surface area contributed by atoms with Crippen LogP contribution in [0.5, 0.6) is 17.2 Å². The number of methoxy groups -OCH3 is 1. The standard InChI is InChI=1S/C17H19NO4.2C2H6/c1-10-12(3)17(13(4)11(2)16(10)21-5)22-15-8-6-14(7-9-15)18(19)20;2*1-2/h6-9H,1-5H3;2*1-2H3. The average molecular weight is 361 g/mol. The molecule has 0 saturated carbocycles. The Morgan fingerprint density at radius 3 is 1.50 bits per heavy atom. The maximum absolute atomic E-state index is 10.7. The maximum atomic E-state index is 10.7. The Hall–Kier alpha value is -2.56. The van der Waals surface area contributed by atoms with E-state index in [-0.39, 0.29) is 5.69 Å². The first-order valence-electron chi connectivity index (χ1n) is 8.93. The Morgan fingerprint density at radius 2 is 1.15 bits per heavy atom. The number of ether oxygens (including phenoxy) is 2. The number of nitro groups is 1. The van der Waals surface area contributed by atoms with Crippen molar-refractivity contribution >= 4 is 5.69 Å². The molecule has 0 aliphatic heterocycles. The Morgan fingerprint density at radius 1 is 0.769 bits per heavy atom. The number of nitro benzene ring substituents is 1. The van der Waals surface area contributed by atoms with Crippen molar-refractivity contribution in [2.24, 2.45) is 0 Å². The van der Waals surface area contributed by atoms with Crippen LogP contribution in [-0.4, -0.2) is 12.0 Å². The Labute approximate surface area is 157 Å². The van der Waals surface area contributed by atoms with Crippen molar-refractivity contribution in [3.05, 3.63) is 56.6 Å². The summed E-state index contributed by atoms with van der Waals surface area (Å²) >= 11 is 0. The van der Waals surface area contributed by atoms with E-state index < -0.39 is 4.92 Å². The van der Waals surface area contributed by atoms with Gasteiger partial charge in [0.05, 0.1) is 12.0 Å². The fraction of sp³-hybridized carbons (Fsp3) is 0.429. The molecular weight excluding hydrogens is 330 g/mol. The largest absolute Gasteiger partial charge is 0.496 e. The van der Waals surface area contributed by atoms with E-state index in [1.165, 1.54) is 12.1 Å². The minimum Gasteiger partial charge on any atom is -0.496 e. The normalized spacial score (nSPS) is 9.27. The zero-order valence-corrected chi connectivity index (χ0v) is 17.4. The van der Waals surface area contributed by atoms with E-state index >= 15 is 0 Å². The summed E-state index contributed by atoms with van der Waals surface area (Å²) < 4.78 is 11.4. The molecule has 0 amide bonds. The Kier molecular flexibility index (Phi) is 10.0. The summed E-state index contributed by atoms with van der Waals surface area (Å²) in [5.74, 6) is 2.21. The van der Waals surface area contributed by atoms with Crippen LogP contribution < -0.4 is 9.47 Å². The van der Waals surface area contributed by atoms with Crippen molar-refractivity contribution in [3.63, 3.8) is 0 Å². The average Bonchev–Trinajstić information content (AvgIpc) is 2.67. The minimum atomic E-state index is -0.429. The number of benzene rings is 2. The molecule has 2 aromatic carbocycles. The van der Waals surface area contributed by atoms with Crippen LogP contribution in [0.15, 0.2) is 24.3 Å².